The first-order valence-electron chi connectivity index (χ1n) is 7.15. The summed E-state index contributed by atoms with van der Waals surface area (Å²) in [5, 5.41) is 0.943. The number of rotatable bonds is 2. The van der Waals surface area contributed by atoms with Gasteiger partial charge in [-0.05, 0) is 24.7 Å². The molecule has 0 N–H and O–H groups in total. The Morgan fingerprint density at radius 2 is 1.95 bits per heavy atom. The van der Waals surface area contributed by atoms with Crippen LogP contribution in [-0.2, 0) is 0 Å². The van der Waals surface area contributed by atoms with E-state index in [0.717, 1.165) is 49.2 Å². The fourth-order valence-electron chi connectivity index (χ4n) is 2.73. The Bertz CT molecular complexity index is 613. The zero-order valence-corrected chi connectivity index (χ0v) is 11.7. The van der Waals surface area contributed by atoms with Gasteiger partial charge in [0, 0.05) is 43.3 Å². The lowest BCUT2D eigenvalue weighted by molar-refractivity contribution is 0.0645. The molecule has 0 spiro atoms. The molecule has 3 rings (SSSR count). The zero-order chi connectivity index (χ0) is 13.9. The maximum atomic E-state index is 12.7. The molecule has 20 heavy (non-hydrogen) atoms. The van der Waals surface area contributed by atoms with Crippen LogP contribution in [0.3, 0.4) is 0 Å². The summed E-state index contributed by atoms with van der Waals surface area (Å²) >= 11 is 0. The Hall–Kier alpha value is -1.94. The summed E-state index contributed by atoms with van der Waals surface area (Å²) < 4.78 is 0. The van der Waals surface area contributed by atoms with Gasteiger partial charge in [0.2, 0.25) is 0 Å². The number of aromatic nitrogens is 1. The minimum atomic E-state index is 0.124. The van der Waals surface area contributed by atoms with E-state index in [1.165, 1.54) is 0 Å². The van der Waals surface area contributed by atoms with Crippen LogP contribution in [0.4, 0.5) is 0 Å². The molecule has 0 unspecified atom stereocenters. The monoisotopic (exact) mass is 269 g/mol. The van der Waals surface area contributed by atoms with Crippen LogP contribution in [-0.4, -0.2) is 53.4 Å². The number of piperazine rings is 1. The van der Waals surface area contributed by atoms with Crippen LogP contribution in [0.2, 0.25) is 0 Å². The molecule has 0 saturated carbocycles. The van der Waals surface area contributed by atoms with Gasteiger partial charge >= 0.3 is 0 Å². The maximum Gasteiger partial charge on any atom is 0.254 e. The van der Waals surface area contributed by atoms with Gasteiger partial charge in [0.1, 0.15) is 0 Å². The molecule has 2 heterocycles. The van der Waals surface area contributed by atoms with Gasteiger partial charge in [-0.2, -0.15) is 0 Å². The highest BCUT2D eigenvalue weighted by Crippen LogP contribution is 2.19. The highest BCUT2D eigenvalue weighted by Gasteiger charge is 2.22. The molecular formula is C16H19N3O. The number of carbonyl (C=O) groups excluding carboxylic acids is 1. The number of benzene rings is 1. The van der Waals surface area contributed by atoms with Crippen molar-refractivity contribution < 1.29 is 4.79 Å². The first kappa shape index (κ1) is 13.1. The van der Waals surface area contributed by atoms with E-state index in [9.17, 15) is 4.79 Å². The smallest absolute Gasteiger partial charge is 0.254 e. The Morgan fingerprint density at radius 1 is 1.15 bits per heavy atom. The molecule has 1 fully saturated rings. The zero-order valence-electron chi connectivity index (χ0n) is 11.7. The summed E-state index contributed by atoms with van der Waals surface area (Å²) in [7, 11) is 0. The van der Waals surface area contributed by atoms with E-state index in [-0.39, 0.29) is 5.91 Å². The number of amides is 1. The lowest BCUT2D eigenvalue weighted by atomic mass is 10.1. The van der Waals surface area contributed by atoms with Gasteiger partial charge in [-0.15, -0.1) is 0 Å². The SMILES string of the molecule is CCN1CCN(C(=O)c2cccc3ncccc23)CC1. The van der Waals surface area contributed by atoms with Gasteiger partial charge < -0.3 is 9.80 Å². The first-order chi connectivity index (χ1) is 9.79. The number of likely N-dealkylation sites (N-methyl/N-ethyl adjacent to an activating group) is 1. The summed E-state index contributed by atoms with van der Waals surface area (Å²) in [6, 6.07) is 9.61. The van der Waals surface area contributed by atoms with Crippen molar-refractivity contribution >= 4 is 16.8 Å². The Morgan fingerprint density at radius 3 is 2.70 bits per heavy atom. The molecule has 4 nitrogen and oxygen atoms in total. The Balaban J connectivity index is 1.86. The highest BCUT2D eigenvalue weighted by molar-refractivity contribution is 6.06. The number of hydrogen-bond acceptors (Lipinski definition) is 3. The standard InChI is InChI=1S/C16H19N3O/c1-2-18-9-11-19(12-10-18)16(20)14-5-3-7-15-13(14)6-4-8-17-15/h3-8H,2,9-12H2,1H3. The normalized spacial score (nSPS) is 16.6. The molecule has 1 aliphatic heterocycles. The minimum Gasteiger partial charge on any atom is -0.336 e. The number of nitrogens with zero attached hydrogens (tertiary/aromatic N) is 3. The van der Waals surface area contributed by atoms with E-state index in [1.807, 2.05) is 35.2 Å². The van der Waals surface area contributed by atoms with Gasteiger partial charge in [0.05, 0.1) is 5.52 Å². The van der Waals surface area contributed by atoms with Crippen LogP contribution in [0.25, 0.3) is 10.9 Å². The van der Waals surface area contributed by atoms with Crippen molar-refractivity contribution in [3.8, 4) is 0 Å². The Labute approximate surface area is 119 Å². The van der Waals surface area contributed by atoms with Gasteiger partial charge in [-0.1, -0.05) is 19.1 Å². The van der Waals surface area contributed by atoms with Crippen molar-refractivity contribution in [3.63, 3.8) is 0 Å². The van der Waals surface area contributed by atoms with Crippen LogP contribution >= 0.6 is 0 Å². The van der Waals surface area contributed by atoms with Crippen LogP contribution in [0, 0.1) is 0 Å². The van der Waals surface area contributed by atoms with E-state index in [0.29, 0.717) is 0 Å². The van der Waals surface area contributed by atoms with Crippen molar-refractivity contribution in [2.45, 2.75) is 6.92 Å². The highest BCUT2D eigenvalue weighted by atomic mass is 16.2. The van der Waals surface area contributed by atoms with Crippen LogP contribution in [0.5, 0.6) is 0 Å². The molecule has 4 heteroatoms. The molecule has 0 aliphatic carbocycles. The van der Waals surface area contributed by atoms with Crippen molar-refractivity contribution in [3.05, 3.63) is 42.1 Å². The number of pyridine rings is 1. The fraction of sp³-hybridized carbons (Fsp3) is 0.375. The average Bonchev–Trinajstić information content (AvgIpc) is 2.54. The molecule has 1 amide bonds. The molecule has 1 aromatic heterocycles. The molecule has 1 saturated heterocycles. The summed E-state index contributed by atoms with van der Waals surface area (Å²) in [6.07, 6.45) is 1.76. The Kier molecular flexibility index (Phi) is 3.65. The topological polar surface area (TPSA) is 36.4 Å². The second kappa shape index (κ2) is 5.59. The molecule has 0 bridgehead atoms. The maximum absolute atomic E-state index is 12.7. The van der Waals surface area contributed by atoms with E-state index in [4.69, 9.17) is 0 Å². The summed E-state index contributed by atoms with van der Waals surface area (Å²) in [5.41, 5.74) is 1.64. The minimum absolute atomic E-state index is 0.124. The van der Waals surface area contributed by atoms with Crippen LogP contribution < -0.4 is 0 Å². The van der Waals surface area contributed by atoms with E-state index in [2.05, 4.69) is 16.8 Å². The van der Waals surface area contributed by atoms with Gasteiger partial charge in [0.15, 0.2) is 0 Å². The molecular weight excluding hydrogens is 250 g/mol. The summed E-state index contributed by atoms with van der Waals surface area (Å²) in [4.78, 5) is 21.3. The summed E-state index contributed by atoms with van der Waals surface area (Å²) in [6.45, 7) is 6.76. The van der Waals surface area contributed by atoms with Gasteiger partial charge in [-0.3, -0.25) is 9.78 Å². The van der Waals surface area contributed by atoms with Crippen molar-refractivity contribution in [2.75, 3.05) is 32.7 Å². The third-order valence-corrected chi connectivity index (χ3v) is 3.98. The quantitative estimate of drug-likeness (QED) is 0.837. The van der Waals surface area contributed by atoms with Crippen LogP contribution in [0.1, 0.15) is 17.3 Å². The van der Waals surface area contributed by atoms with Crippen LogP contribution in [0.15, 0.2) is 36.5 Å². The lowest BCUT2D eigenvalue weighted by Crippen LogP contribution is -2.48. The largest absolute Gasteiger partial charge is 0.336 e. The fourth-order valence-corrected chi connectivity index (χ4v) is 2.73. The van der Waals surface area contributed by atoms with Crippen molar-refractivity contribution in [1.82, 2.24) is 14.8 Å². The number of fused-ring (bicyclic) bond motifs is 1. The van der Waals surface area contributed by atoms with Crippen molar-refractivity contribution in [1.29, 1.82) is 0 Å². The molecule has 0 radical (unpaired) electrons. The second-order valence-corrected chi connectivity index (χ2v) is 5.10. The predicted octanol–water partition coefficient (Wildman–Crippen LogP) is 2.01. The molecule has 2 aromatic rings. The van der Waals surface area contributed by atoms with E-state index in [1.54, 1.807) is 6.20 Å². The molecule has 104 valence electrons. The van der Waals surface area contributed by atoms with E-state index >= 15 is 0 Å². The van der Waals surface area contributed by atoms with Crippen molar-refractivity contribution in [2.24, 2.45) is 0 Å². The third-order valence-electron chi connectivity index (χ3n) is 3.98. The molecule has 1 aromatic carbocycles. The second-order valence-electron chi connectivity index (χ2n) is 5.10. The van der Waals surface area contributed by atoms with E-state index < -0.39 is 0 Å². The average molecular weight is 269 g/mol. The van der Waals surface area contributed by atoms with Gasteiger partial charge in [0.25, 0.3) is 5.91 Å². The number of hydrogen-bond donors (Lipinski definition) is 0. The third kappa shape index (κ3) is 2.39. The lowest BCUT2D eigenvalue weighted by Gasteiger charge is -2.34. The first-order valence-corrected chi connectivity index (χ1v) is 7.15. The number of carbonyl (C=O) groups is 1. The van der Waals surface area contributed by atoms with Gasteiger partial charge in [-0.25, -0.2) is 0 Å². The predicted molar refractivity (Wildman–Crippen MR) is 79.8 cm³/mol. The molecule has 0 atom stereocenters. The summed E-state index contributed by atoms with van der Waals surface area (Å²) in [5.74, 6) is 0.124. The molecule has 1 aliphatic rings.